The van der Waals surface area contributed by atoms with Crippen LogP contribution in [0.4, 0.5) is 0 Å². The topological polar surface area (TPSA) is 43.3 Å². The minimum atomic E-state index is 0.717. The van der Waals surface area contributed by atoms with Crippen LogP contribution in [0, 0.1) is 0 Å². The van der Waals surface area contributed by atoms with Gasteiger partial charge < -0.3 is 4.42 Å². The lowest BCUT2D eigenvalue weighted by Gasteiger charge is -1.95. The summed E-state index contributed by atoms with van der Waals surface area (Å²) in [7, 11) is 0. The standard InChI is InChI=1S/C10H6BrN3O/c11-8-10-12-4-2-5-14(10)9(13-8)7-3-1-6-15-7/h1-6H. The Hall–Kier alpha value is -1.62. The third kappa shape index (κ3) is 1.27. The van der Waals surface area contributed by atoms with Crippen LogP contribution in [0.3, 0.4) is 0 Å². The molecule has 0 aliphatic carbocycles. The van der Waals surface area contributed by atoms with Crippen molar-refractivity contribution >= 4 is 21.6 Å². The van der Waals surface area contributed by atoms with E-state index in [-0.39, 0.29) is 0 Å². The normalized spacial score (nSPS) is 11.0. The summed E-state index contributed by atoms with van der Waals surface area (Å²) in [5, 5.41) is 0. The number of imidazole rings is 1. The predicted octanol–water partition coefficient (Wildman–Crippen LogP) is 2.75. The zero-order chi connectivity index (χ0) is 10.3. The monoisotopic (exact) mass is 263 g/mol. The van der Waals surface area contributed by atoms with E-state index in [1.807, 2.05) is 28.8 Å². The number of rotatable bonds is 1. The highest BCUT2D eigenvalue weighted by molar-refractivity contribution is 9.10. The molecular formula is C10H6BrN3O. The molecule has 0 radical (unpaired) electrons. The number of nitrogens with zero attached hydrogens (tertiary/aromatic N) is 3. The smallest absolute Gasteiger partial charge is 0.183 e. The van der Waals surface area contributed by atoms with Gasteiger partial charge in [0.2, 0.25) is 0 Å². The molecule has 3 aromatic heterocycles. The molecule has 4 nitrogen and oxygen atoms in total. The molecule has 15 heavy (non-hydrogen) atoms. The summed E-state index contributed by atoms with van der Waals surface area (Å²) < 4.78 is 7.90. The quantitative estimate of drug-likeness (QED) is 0.678. The number of fused-ring (bicyclic) bond motifs is 1. The van der Waals surface area contributed by atoms with Crippen LogP contribution in [0.1, 0.15) is 0 Å². The molecule has 0 spiro atoms. The second kappa shape index (κ2) is 3.20. The fourth-order valence-corrected chi connectivity index (χ4v) is 1.93. The Bertz CT molecular complexity index is 600. The van der Waals surface area contributed by atoms with Crippen molar-refractivity contribution in [3.05, 3.63) is 41.5 Å². The van der Waals surface area contributed by atoms with Crippen LogP contribution in [-0.4, -0.2) is 14.4 Å². The van der Waals surface area contributed by atoms with Crippen LogP contribution >= 0.6 is 15.9 Å². The lowest BCUT2D eigenvalue weighted by molar-refractivity contribution is 0.577. The van der Waals surface area contributed by atoms with Crippen LogP contribution in [0.15, 0.2) is 45.9 Å². The molecular weight excluding hydrogens is 258 g/mol. The van der Waals surface area contributed by atoms with Crippen LogP contribution < -0.4 is 0 Å². The van der Waals surface area contributed by atoms with E-state index < -0.39 is 0 Å². The fraction of sp³-hybridized carbons (Fsp3) is 0. The molecule has 3 rings (SSSR count). The number of halogens is 1. The number of furan rings is 1. The van der Waals surface area contributed by atoms with Crippen molar-refractivity contribution in [1.29, 1.82) is 0 Å². The molecule has 3 aromatic rings. The molecule has 5 heteroatoms. The van der Waals surface area contributed by atoms with Crippen molar-refractivity contribution in [1.82, 2.24) is 14.4 Å². The first kappa shape index (κ1) is 8.67. The minimum Gasteiger partial charge on any atom is -0.461 e. The molecule has 74 valence electrons. The maximum absolute atomic E-state index is 5.31. The molecule has 0 aliphatic rings. The number of aromatic nitrogens is 3. The van der Waals surface area contributed by atoms with Crippen molar-refractivity contribution in [3.63, 3.8) is 0 Å². The summed E-state index contributed by atoms with van der Waals surface area (Å²) >= 11 is 3.37. The van der Waals surface area contributed by atoms with Gasteiger partial charge in [-0.1, -0.05) is 0 Å². The number of hydrogen-bond donors (Lipinski definition) is 0. The molecule has 0 fully saturated rings. The Morgan fingerprint density at radius 3 is 3.07 bits per heavy atom. The molecule has 3 heterocycles. The van der Waals surface area contributed by atoms with E-state index in [2.05, 4.69) is 25.9 Å². The van der Waals surface area contributed by atoms with Crippen molar-refractivity contribution in [3.8, 4) is 11.6 Å². The first-order valence-corrected chi connectivity index (χ1v) is 5.18. The van der Waals surface area contributed by atoms with E-state index in [9.17, 15) is 0 Å². The summed E-state index contributed by atoms with van der Waals surface area (Å²) in [4.78, 5) is 8.58. The van der Waals surface area contributed by atoms with Crippen LogP contribution in [0.25, 0.3) is 17.2 Å². The SMILES string of the molecule is Brc1nc(-c2ccco2)n2cccnc12. The van der Waals surface area contributed by atoms with Crippen LogP contribution in [-0.2, 0) is 0 Å². The Balaban J connectivity index is 2.37. The molecule has 0 atom stereocenters. The third-order valence-corrected chi connectivity index (χ3v) is 2.64. The average Bonchev–Trinajstić information content (AvgIpc) is 2.87. The lowest BCUT2D eigenvalue weighted by atomic mass is 10.4. The Morgan fingerprint density at radius 2 is 2.27 bits per heavy atom. The van der Waals surface area contributed by atoms with Gasteiger partial charge in [0.1, 0.15) is 0 Å². The maximum Gasteiger partial charge on any atom is 0.183 e. The highest BCUT2D eigenvalue weighted by Crippen LogP contribution is 2.24. The van der Waals surface area contributed by atoms with Gasteiger partial charge in [-0.3, -0.25) is 4.40 Å². The van der Waals surface area contributed by atoms with E-state index in [4.69, 9.17) is 4.42 Å². The van der Waals surface area contributed by atoms with Gasteiger partial charge in [-0.25, -0.2) is 9.97 Å². The summed E-state index contributed by atoms with van der Waals surface area (Å²) in [6.45, 7) is 0. The second-order valence-corrected chi connectivity index (χ2v) is 3.77. The van der Waals surface area contributed by atoms with Gasteiger partial charge in [0.05, 0.1) is 6.26 Å². The maximum atomic E-state index is 5.31. The molecule has 0 aromatic carbocycles. The van der Waals surface area contributed by atoms with E-state index in [0.29, 0.717) is 0 Å². The van der Waals surface area contributed by atoms with E-state index >= 15 is 0 Å². The van der Waals surface area contributed by atoms with Crippen molar-refractivity contribution < 1.29 is 4.42 Å². The van der Waals surface area contributed by atoms with Gasteiger partial charge in [0.15, 0.2) is 21.8 Å². The fourth-order valence-electron chi connectivity index (χ4n) is 1.47. The highest BCUT2D eigenvalue weighted by Gasteiger charge is 2.12. The lowest BCUT2D eigenvalue weighted by Crippen LogP contribution is -1.88. The zero-order valence-corrected chi connectivity index (χ0v) is 9.18. The van der Waals surface area contributed by atoms with Gasteiger partial charge in [-0.15, -0.1) is 0 Å². The van der Waals surface area contributed by atoms with Gasteiger partial charge in [0.25, 0.3) is 0 Å². The van der Waals surface area contributed by atoms with Crippen molar-refractivity contribution in [2.24, 2.45) is 0 Å². The van der Waals surface area contributed by atoms with Crippen molar-refractivity contribution in [2.75, 3.05) is 0 Å². The predicted molar refractivity (Wildman–Crippen MR) is 58.4 cm³/mol. The van der Waals surface area contributed by atoms with E-state index in [1.54, 1.807) is 12.5 Å². The van der Waals surface area contributed by atoms with Gasteiger partial charge >= 0.3 is 0 Å². The molecule has 0 aliphatic heterocycles. The minimum absolute atomic E-state index is 0.717. The first-order chi connectivity index (χ1) is 7.36. The third-order valence-electron chi connectivity index (χ3n) is 2.10. The first-order valence-electron chi connectivity index (χ1n) is 4.39. The molecule has 0 saturated carbocycles. The largest absolute Gasteiger partial charge is 0.461 e. The number of hydrogen-bond acceptors (Lipinski definition) is 3. The van der Waals surface area contributed by atoms with E-state index in [0.717, 1.165) is 21.8 Å². The molecule has 0 bridgehead atoms. The molecule has 0 unspecified atom stereocenters. The Labute approximate surface area is 93.7 Å². The Morgan fingerprint density at radius 1 is 1.33 bits per heavy atom. The van der Waals surface area contributed by atoms with Gasteiger partial charge in [-0.2, -0.15) is 0 Å². The summed E-state index contributed by atoms with van der Waals surface area (Å²) in [5.41, 5.74) is 0.781. The molecule has 0 saturated heterocycles. The highest BCUT2D eigenvalue weighted by atomic mass is 79.9. The molecule has 0 amide bonds. The van der Waals surface area contributed by atoms with Crippen LogP contribution in [0.5, 0.6) is 0 Å². The second-order valence-electron chi connectivity index (χ2n) is 3.02. The zero-order valence-electron chi connectivity index (χ0n) is 7.59. The Kier molecular flexibility index (Phi) is 1.85. The average molecular weight is 264 g/mol. The summed E-state index contributed by atoms with van der Waals surface area (Å²) in [5.74, 6) is 1.47. The van der Waals surface area contributed by atoms with E-state index in [1.165, 1.54) is 0 Å². The van der Waals surface area contributed by atoms with Gasteiger partial charge in [-0.05, 0) is 34.1 Å². The van der Waals surface area contributed by atoms with Crippen molar-refractivity contribution in [2.45, 2.75) is 0 Å². The van der Waals surface area contributed by atoms with Crippen LogP contribution in [0.2, 0.25) is 0 Å². The summed E-state index contributed by atoms with van der Waals surface area (Å²) in [6.07, 6.45) is 5.26. The summed E-state index contributed by atoms with van der Waals surface area (Å²) in [6, 6.07) is 5.56. The van der Waals surface area contributed by atoms with Gasteiger partial charge in [0, 0.05) is 12.4 Å². The molecule has 0 N–H and O–H groups in total.